The number of benzene rings is 2. The second-order valence-electron chi connectivity index (χ2n) is 6.87. The van der Waals surface area contributed by atoms with E-state index >= 15 is 0 Å². The predicted molar refractivity (Wildman–Crippen MR) is 117 cm³/mol. The molecule has 1 fully saturated rings. The van der Waals surface area contributed by atoms with Gasteiger partial charge in [-0.1, -0.05) is 36.4 Å². The third kappa shape index (κ3) is 3.37. The Hall–Kier alpha value is -3.78. The third-order valence-electron chi connectivity index (χ3n) is 4.88. The van der Waals surface area contributed by atoms with E-state index in [1.54, 1.807) is 35.0 Å². The summed E-state index contributed by atoms with van der Waals surface area (Å²) in [7, 11) is 0. The number of carboxylic acid groups (broad SMARTS) is 1. The molecule has 1 aliphatic rings. The number of carbonyl (C=O) groups excluding carboxylic acids is 2. The van der Waals surface area contributed by atoms with E-state index in [2.05, 4.69) is 5.32 Å². The lowest BCUT2D eigenvalue weighted by Gasteiger charge is -2.29. The molecule has 2 amide bonds. The Morgan fingerprint density at radius 1 is 1.13 bits per heavy atom. The van der Waals surface area contributed by atoms with E-state index in [0.717, 1.165) is 10.9 Å². The van der Waals surface area contributed by atoms with Crippen LogP contribution in [0.25, 0.3) is 17.0 Å². The molecule has 8 heteroatoms. The molecule has 1 aliphatic heterocycles. The van der Waals surface area contributed by atoms with E-state index in [9.17, 15) is 19.5 Å². The minimum absolute atomic E-state index is 0.0183. The van der Waals surface area contributed by atoms with Gasteiger partial charge in [0.2, 0.25) is 0 Å². The number of fused-ring (bicyclic) bond motifs is 1. The van der Waals surface area contributed by atoms with E-state index in [-0.39, 0.29) is 17.2 Å². The molecule has 2 heterocycles. The summed E-state index contributed by atoms with van der Waals surface area (Å²) in [6, 6.07) is 14.5. The Kier molecular flexibility index (Phi) is 4.93. The number of hydrogen-bond donors (Lipinski definition) is 2. The topological polar surface area (TPSA) is 91.6 Å². The highest BCUT2D eigenvalue weighted by Crippen LogP contribution is 2.28. The van der Waals surface area contributed by atoms with Crippen molar-refractivity contribution in [3.8, 4) is 0 Å². The Balaban J connectivity index is 1.82. The molecule has 4 rings (SSSR count). The Bertz CT molecular complexity index is 1260. The molecule has 150 valence electrons. The molecule has 0 bridgehead atoms. The van der Waals surface area contributed by atoms with Crippen molar-refractivity contribution in [3.63, 3.8) is 0 Å². The highest BCUT2D eigenvalue weighted by Gasteiger charge is 2.35. The van der Waals surface area contributed by atoms with Crippen LogP contribution in [-0.2, 0) is 20.9 Å². The summed E-state index contributed by atoms with van der Waals surface area (Å²) in [6.45, 7) is 1.62. The van der Waals surface area contributed by atoms with Crippen LogP contribution < -0.4 is 10.2 Å². The number of anilines is 1. The molecule has 0 radical (unpaired) electrons. The molecule has 2 aromatic carbocycles. The molecule has 0 atom stereocenters. The van der Waals surface area contributed by atoms with E-state index in [0.29, 0.717) is 16.8 Å². The third-order valence-corrected chi connectivity index (χ3v) is 5.17. The lowest BCUT2D eigenvalue weighted by Crippen LogP contribution is -2.54. The summed E-state index contributed by atoms with van der Waals surface area (Å²) in [5, 5.41) is 12.5. The van der Waals surface area contributed by atoms with Gasteiger partial charge in [0.25, 0.3) is 11.8 Å². The van der Waals surface area contributed by atoms with Gasteiger partial charge >= 0.3 is 5.97 Å². The maximum Gasteiger partial charge on any atom is 0.323 e. The van der Waals surface area contributed by atoms with Crippen LogP contribution in [-0.4, -0.2) is 32.6 Å². The SMILES string of the molecule is Cc1ccccc1N1C(=O)/C(=C/c2cn(CC(=O)O)c3ccccc23)C(=O)NC1=S. The summed E-state index contributed by atoms with van der Waals surface area (Å²) in [5.41, 5.74) is 2.61. The molecule has 0 unspecified atom stereocenters. The molecule has 7 nitrogen and oxygen atoms in total. The van der Waals surface area contributed by atoms with Gasteiger partial charge in [-0.05, 0) is 42.9 Å². The Labute approximate surface area is 177 Å². The summed E-state index contributed by atoms with van der Waals surface area (Å²) < 4.78 is 1.57. The van der Waals surface area contributed by atoms with Crippen LogP contribution in [0.3, 0.4) is 0 Å². The number of aryl methyl sites for hydroxylation is 1. The smallest absolute Gasteiger partial charge is 0.323 e. The monoisotopic (exact) mass is 419 g/mol. The van der Waals surface area contributed by atoms with Gasteiger partial charge in [-0.3, -0.25) is 24.6 Å². The molecule has 30 heavy (non-hydrogen) atoms. The lowest BCUT2D eigenvalue weighted by atomic mass is 10.1. The van der Waals surface area contributed by atoms with Crippen LogP contribution in [0.2, 0.25) is 0 Å². The number of carboxylic acids is 1. The van der Waals surface area contributed by atoms with E-state index in [1.165, 1.54) is 11.0 Å². The second kappa shape index (κ2) is 7.57. The number of rotatable bonds is 4. The molecule has 2 N–H and O–H groups in total. The zero-order valence-corrected chi connectivity index (χ0v) is 16.8. The number of nitrogens with zero attached hydrogens (tertiary/aromatic N) is 2. The first-order valence-corrected chi connectivity index (χ1v) is 9.54. The number of amides is 2. The number of nitrogens with one attached hydrogen (secondary N) is 1. The molecular formula is C22H17N3O4S. The van der Waals surface area contributed by atoms with Crippen molar-refractivity contribution in [1.29, 1.82) is 0 Å². The van der Waals surface area contributed by atoms with Gasteiger partial charge in [-0.2, -0.15) is 0 Å². The Morgan fingerprint density at radius 3 is 2.57 bits per heavy atom. The van der Waals surface area contributed by atoms with Crippen LogP contribution in [0.4, 0.5) is 5.69 Å². The molecule has 1 saturated heterocycles. The molecule has 0 saturated carbocycles. The van der Waals surface area contributed by atoms with Crippen molar-refractivity contribution < 1.29 is 19.5 Å². The highest BCUT2D eigenvalue weighted by atomic mass is 32.1. The maximum atomic E-state index is 13.2. The van der Waals surface area contributed by atoms with Gasteiger partial charge in [0.1, 0.15) is 12.1 Å². The van der Waals surface area contributed by atoms with E-state index in [1.807, 2.05) is 31.2 Å². The number of hydrogen-bond acceptors (Lipinski definition) is 4. The zero-order valence-electron chi connectivity index (χ0n) is 16.0. The largest absolute Gasteiger partial charge is 0.480 e. The number of carbonyl (C=O) groups is 3. The summed E-state index contributed by atoms with van der Waals surface area (Å²) in [5.74, 6) is -2.12. The van der Waals surface area contributed by atoms with Crippen molar-refractivity contribution in [2.45, 2.75) is 13.5 Å². The quantitative estimate of drug-likeness (QED) is 0.386. The zero-order chi connectivity index (χ0) is 21.4. The van der Waals surface area contributed by atoms with Crippen molar-refractivity contribution in [2.75, 3.05) is 4.90 Å². The summed E-state index contributed by atoms with van der Waals surface area (Å²) >= 11 is 5.25. The predicted octanol–water partition coefficient (Wildman–Crippen LogP) is 2.87. The summed E-state index contributed by atoms with van der Waals surface area (Å²) in [6.07, 6.45) is 3.10. The number of para-hydroxylation sites is 2. The van der Waals surface area contributed by atoms with Crippen LogP contribution in [0.15, 0.2) is 60.3 Å². The van der Waals surface area contributed by atoms with E-state index in [4.69, 9.17) is 12.2 Å². The first kappa shape index (κ1) is 19.5. The van der Waals surface area contributed by atoms with Gasteiger partial charge in [-0.25, -0.2) is 0 Å². The number of aromatic nitrogens is 1. The summed E-state index contributed by atoms with van der Waals surface area (Å²) in [4.78, 5) is 38.3. The fraction of sp³-hybridized carbons (Fsp3) is 0.0909. The molecule has 0 aliphatic carbocycles. The molecule has 0 spiro atoms. The minimum Gasteiger partial charge on any atom is -0.480 e. The standard InChI is InChI=1S/C22H17N3O4S/c1-13-6-2-4-8-17(13)25-21(29)16(20(28)23-22(25)30)10-14-11-24(12-19(26)27)18-9-5-3-7-15(14)18/h2-11H,12H2,1H3,(H,26,27)(H,23,28,30)/b16-10+. The van der Waals surface area contributed by atoms with Crippen LogP contribution >= 0.6 is 12.2 Å². The average Bonchev–Trinajstić information content (AvgIpc) is 3.03. The van der Waals surface area contributed by atoms with E-state index < -0.39 is 17.8 Å². The van der Waals surface area contributed by atoms with Crippen LogP contribution in [0, 0.1) is 6.92 Å². The molecule has 1 aromatic heterocycles. The molecule has 3 aromatic rings. The average molecular weight is 419 g/mol. The first-order valence-electron chi connectivity index (χ1n) is 9.13. The van der Waals surface area contributed by atoms with Crippen molar-refractivity contribution in [2.24, 2.45) is 0 Å². The minimum atomic E-state index is -0.988. The van der Waals surface area contributed by atoms with Gasteiger partial charge in [-0.15, -0.1) is 0 Å². The van der Waals surface area contributed by atoms with Crippen LogP contribution in [0.1, 0.15) is 11.1 Å². The lowest BCUT2D eigenvalue weighted by molar-refractivity contribution is -0.137. The fourth-order valence-electron chi connectivity index (χ4n) is 3.51. The van der Waals surface area contributed by atoms with Gasteiger partial charge in [0, 0.05) is 22.7 Å². The first-order chi connectivity index (χ1) is 14.4. The highest BCUT2D eigenvalue weighted by molar-refractivity contribution is 7.80. The van der Waals surface area contributed by atoms with Gasteiger partial charge in [0.05, 0.1) is 5.69 Å². The maximum absolute atomic E-state index is 13.2. The number of aliphatic carboxylic acids is 1. The van der Waals surface area contributed by atoms with Crippen molar-refractivity contribution >= 4 is 57.8 Å². The van der Waals surface area contributed by atoms with Crippen molar-refractivity contribution in [1.82, 2.24) is 9.88 Å². The van der Waals surface area contributed by atoms with Crippen molar-refractivity contribution in [3.05, 3.63) is 71.4 Å². The van der Waals surface area contributed by atoms with Gasteiger partial charge < -0.3 is 9.67 Å². The normalized spacial score (nSPS) is 15.7. The van der Waals surface area contributed by atoms with Gasteiger partial charge in [0.15, 0.2) is 5.11 Å². The second-order valence-corrected chi connectivity index (χ2v) is 7.25. The number of thiocarbonyl (C=S) groups is 1. The Morgan fingerprint density at radius 2 is 1.83 bits per heavy atom. The van der Waals surface area contributed by atoms with Crippen LogP contribution in [0.5, 0.6) is 0 Å². The fourth-order valence-corrected chi connectivity index (χ4v) is 3.79. The molecular weight excluding hydrogens is 402 g/mol.